The first-order valence-corrected chi connectivity index (χ1v) is 7.70. The van der Waals surface area contributed by atoms with E-state index < -0.39 is 5.97 Å². The average molecular weight is 341 g/mol. The minimum Gasteiger partial charge on any atom is -0.493 e. The molecule has 0 spiro atoms. The molecule has 1 aromatic heterocycles. The van der Waals surface area contributed by atoms with E-state index in [2.05, 4.69) is 4.98 Å². The molecule has 7 nitrogen and oxygen atoms in total. The van der Waals surface area contributed by atoms with Gasteiger partial charge in [0.1, 0.15) is 5.82 Å². The number of hydrogen-bond donors (Lipinski definition) is 2. The maximum atomic E-state index is 11.2. The first-order chi connectivity index (χ1) is 12.1. The van der Waals surface area contributed by atoms with Crippen LogP contribution >= 0.6 is 0 Å². The summed E-state index contributed by atoms with van der Waals surface area (Å²) in [5.41, 5.74) is 8.53. The van der Waals surface area contributed by atoms with Crippen molar-refractivity contribution in [1.82, 2.24) is 9.55 Å². The molecule has 3 aromatic rings. The Labute approximate surface area is 144 Å². The molecular weight excluding hydrogens is 322 g/mol. The van der Waals surface area contributed by atoms with E-state index in [-0.39, 0.29) is 12.1 Å². The van der Waals surface area contributed by atoms with Gasteiger partial charge in [-0.15, -0.1) is 0 Å². The Balaban J connectivity index is 2.11. The smallest absolute Gasteiger partial charge is 0.335 e. The van der Waals surface area contributed by atoms with E-state index in [9.17, 15) is 4.79 Å². The molecule has 0 unspecified atom stereocenters. The van der Waals surface area contributed by atoms with Gasteiger partial charge in [0.25, 0.3) is 0 Å². The van der Waals surface area contributed by atoms with Gasteiger partial charge in [-0.3, -0.25) is 0 Å². The van der Waals surface area contributed by atoms with Crippen LogP contribution in [0, 0.1) is 0 Å². The molecule has 2 aromatic carbocycles. The van der Waals surface area contributed by atoms with Gasteiger partial charge >= 0.3 is 5.97 Å². The molecule has 0 aliphatic carbocycles. The molecular formula is C18H19N3O4. The third kappa shape index (κ3) is 3.14. The van der Waals surface area contributed by atoms with Crippen LogP contribution in [0.15, 0.2) is 36.4 Å². The number of carboxylic acid groups (broad SMARTS) is 1. The number of imidazole rings is 1. The lowest BCUT2D eigenvalue weighted by Gasteiger charge is -2.11. The molecule has 0 atom stereocenters. The SMILES string of the molecule is COc1cc2nc(CN)n(Cc3cccc(C(=O)O)c3)c2cc1OC. The quantitative estimate of drug-likeness (QED) is 0.713. The van der Waals surface area contributed by atoms with Gasteiger partial charge < -0.3 is 24.9 Å². The standard InChI is InChI=1S/C18H19N3O4/c1-24-15-7-13-14(8-16(15)25-2)21(17(9-19)20-13)10-11-4-3-5-12(6-11)18(22)23/h3-8H,9-10,19H2,1-2H3,(H,22,23). The van der Waals surface area contributed by atoms with Gasteiger partial charge in [0.05, 0.1) is 37.4 Å². The molecule has 0 aliphatic rings. The summed E-state index contributed by atoms with van der Waals surface area (Å²) in [5.74, 6) is 0.934. The normalized spacial score (nSPS) is 10.8. The van der Waals surface area contributed by atoms with Crippen molar-refractivity contribution >= 4 is 17.0 Å². The first-order valence-electron chi connectivity index (χ1n) is 7.70. The fraction of sp³-hybridized carbons (Fsp3) is 0.222. The minimum atomic E-state index is -0.956. The third-order valence-electron chi connectivity index (χ3n) is 4.03. The van der Waals surface area contributed by atoms with E-state index in [1.54, 1.807) is 38.5 Å². The largest absolute Gasteiger partial charge is 0.493 e. The zero-order chi connectivity index (χ0) is 18.0. The lowest BCUT2D eigenvalue weighted by atomic mass is 10.1. The summed E-state index contributed by atoms with van der Waals surface area (Å²) in [6, 6.07) is 10.5. The maximum Gasteiger partial charge on any atom is 0.335 e. The molecule has 130 valence electrons. The Bertz CT molecular complexity index is 933. The van der Waals surface area contributed by atoms with Crippen LogP contribution in [0.1, 0.15) is 21.7 Å². The summed E-state index contributed by atoms with van der Waals surface area (Å²) < 4.78 is 12.6. The highest BCUT2D eigenvalue weighted by molar-refractivity contribution is 5.87. The van der Waals surface area contributed by atoms with Gasteiger partial charge in [-0.25, -0.2) is 9.78 Å². The van der Waals surface area contributed by atoms with Gasteiger partial charge in [-0.2, -0.15) is 0 Å². The molecule has 0 aliphatic heterocycles. The molecule has 0 bridgehead atoms. The molecule has 0 amide bonds. The van der Waals surface area contributed by atoms with E-state index in [1.165, 1.54) is 0 Å². The Morgan fingerprint density at radius 1 is 1.20 bits per heavy atom. The maximum absolute atomic E-state index is 11.2. The lowest BCUT2D eigenvalue weighted by Crippen LogP contribution is -2.10. The summed E-state index contributed by atoms with van der Waals surface area (Å²) in [4.78, 5) is 15.7. The molecule has 0 fully saturated rings. The molecule has 25 heavy (non-hydrogen) atoms. The first kappa shape index (κ1) is 16.8. The van der Waals surface area contributed by atoms with Crippen molar-refractivity contribution in [2.45, 2.75) is 13.1 Å². The van der Waals surface area contributed by atoms with Crippen LogP contribution in [0.5, 0.6) is 11.5 Å². The van der Waals surface area contributed by atoms with E-state index in [0.29, 0.717) is 23.9 Å². The summed E-state index contributed by atoms with van der Waals surface area (Å²) >= 11 is 0. The van der Waals surface area contributed by atoms with Gasteiger partial charge in [-0.05, 0) is 17.7 Å². The number of nitrogens with zero attached hydrogens (tertiary/aromatic N) is 2. The Morgan fingerprint density at radius 2 is 1.92 bits per heavy atom. The van der Waals surface area contributed by atoms with Crippen molar-refractivity contribution in [1.29, 1.82) is 0 Å². The highest BCUT2D eigenvalue weighted by Crippen LogP contribution is 2.32. The molecule has 0 saturated heterocycles. The van der Waals surface area contributed by atoms with E-state index >= 15 is 0 Å². The van der Waals surface area contributed by atoms with Crippen molar-refractivity contribution in [3.8, 4) is 11.5 Å². The zero-order valence-corrected chi connectivity index (χ0v) is 14.0. The molecule has 3 N–H and O–H groups in total. The van der Waals surface area contributed by atoms with Gasteiger partial charge in [0.2, 0.25) is 0 Å². The summed E-state index contributed by atoms with van der Waals surface area (Å²) in [7, 11) is 3.15. The van der Waals surface area contributed by atoms with Crippen molar-refractivity contribution in [3.63, 3.8) is 0 Å². The molecule has 7 heteroatoms. The fourth-order valence-electron chi connectivity index (χ4n) is 2.82. The van der Waals surface area contributed by atoms with Crippen LogP contribution in [-0.4, -0.2) is 34.8 Å². The molecule has 1 heterocycles. The minimum absolute atomic E-state index is 0.246. The average Bonchev–Trinajstić information content (AvgIpc) is 2.97. The zero-order valence-electron chi connectivity index (χ0n) is 14.0. The predicted molar refractivity (Wildman–Crippen MR) is 93.2 cm³/mol. The number of fused-ring (bicyclic) bond motifs is 1. The highest BCUT2D eigenvalue weighted by atomic mass is 16.5. The number of ether oxygens (including phenoxy) is 2. The predicted octanol–water partition coefficient (Wildman–Crippen LogP) is 2.26. The highest BCUT2D eigenvalue weighted by Gasteiger charge is 2.15. The number of hydrogen-bond acceptors (Lipinski definition) is 5. The number of carbonyl (C=O) groups is 1. The number of aromatic nitrogens is 2. The van der Waals surface area contributed by atoms with Crippen molar-refractivity contribution in [2.75, 3.05) is 14.2 Å². The third-order valence-corrected chi connectivity index (χ3v) is 4.03. The second-order valence-electron chi connectivity index (χ2n) is 5.52. The Morgan fingerprint density at radius 3 is 2.56 bits per heavy atom. The van der Waals surface area contributed by atoms with E-state index in [0.717, 1.165) is 16.6 Å². The number of methoxy groups -OCH3 is 2. The molecule has 0 saturated carbocycles. The summed E-state index contributed by atoms with van der Waals surface area (Å²) in [5, 5.41) is 9.16. The number of benzene rings is 2. The molecule has 3 rings (SSSR count). The van der Waals surface area contributed by atoms with E-state index in [4.69, 9.17) is 20.3 Å². The van der Waals surface area contributed by atoms with Crippen molar-refractivity contribution < 1.29 is 19.4 Å². The van der Waals surface area contributed by atoms with Gasteiger partial charge in [-0.1, -0.05) is 12.1 Å². The van der Waals surface area contributed by atoms with Crippen LogP contribution in [0.3, 0.4) is 0 Å². The Kier molecular flexibility index (Phi) is 4.58. The molecule has 0 radical (unpaired) electrons. The summed E-state index contributed by atoms with van der Waals surface area (Å²) in [6.07, 6.45) is 0. The summed E-state index contributed by atoms with van der Waals surface area (Å²) in [6.45, 7) is 0.720. The monoisotopic (exact) mass is 341 g/mol. The second-order valence-corrected chi connectivity index (χ2v) is 5.52. The van der Waals surface area contributed by atoms with Crippen LogP contribution in [0.25, 0.3) is 11.0 Å². The lowest BCUT2D eigenvalue weighted by molar-refractivity contribution is 0.0696. The van der Waals surface area contributed by atoms with Crippen LogP contribution in [0.2, 0.25) is 0 Å². The topological polar surface area (TPSA) is 99.6 Å². The number of rotatable bonds is 6. The Hall–Kier alpha value is -3.06. The number of carboxylic acids is 1. The van der Waals surface area contributed by atoms with Crippen molar-refractivity contribution in [2.24, 2.45) is 5.73 Å². The van der Waals surface area contributed by atoms with Gasteiger partial charge in [0, 0.05) is 18.7 Å². The van der Waals surface area contributed by atoms with Crippen LogP contribution in [-0.2, 0) is 13.1 Å². The number of aromatic carboxylic acids is 1. The second kappa shape index (κ2) is 6.82. The van der Waals surface area contributed by atoms with Gasteiger partial charge in [0.15, 0.2) is 11.5 Å². The fourth-order valence-corrected chi connectivity index (χ4v) is 2.82. The van der Waals surface area contributed by atoms with Crippen LogP contribution < -0.4 is 15.2 Å². The van der Waals surface area contributed by atoms with Crippen molar-refractivity contribution in [3.05, 3.63) is 53.3 Å². The number of nitrogens with two attached hydrogens (primary N) is 1. The van der Waals surface area contributed by atoms with Crippen LogP contribution in [0.4, 0.5) is 0 Å². The van der Waals surface area contributed by atoms with E-state index in [1.807, 2.05) is 16.7 Å².